The number of carbonyl (C=O) groups excluding carboxylic acids is 2. The number of rotatable bonds is 43. The fourth-order valence-corrected chi connectivity index (χ4v) is 6.39. The smallest absolute Gasteiger partial charge is 0.361 e. The maximum atomic E-state index is 12.8. The number of hydrogen-bond donors (Lipinski definition) is 1. The Labute approximate surface area is 356 Å². The molecule has 58 heavy (non-hydrogen) atoms. The molecule has 1 N–H and O–H groups in total. The summed E-state index contributed by atoms with van der Waals surface area (Å²) in [6, 6.07) is 0. The van der Waals surface area contributed by atoms with Crippen LogP contribution in [0.1, 0.15) is 200 Å². The van der Waals surface area contributed by atoms with E-state index in [0.29, 0.717) is 23.9 Å². The summed E-state index contributed by atoms with van der Waals surface area (Å²) in [4.78, 5) is 37.1. The van der Waals surface area contributed by atoms with Gasteiger partial charge in [-0.25, -0.2) is 4.79 Å². The molecular weight excluding hydrogens is 731 g/mol. The molecule has 2 atom stereocenters. The predicted molar refractivity (Wildman–Crippen MR) is 240 cm³/mol. The molecule has 0 saturated heterocycles. The van der Waals surface area contributed by atoms with E-state index >= 15 is 0 Å². The third-order valence-corrected chi connectivity index (χ3v) is 10.1. The lowest BCUT2D eigenvalue weighted by Crippen LogP contribution is -2.40. The van der Waals surface area contributed by atoms with Crippen LogP contribution < -0.4 is 0 Å². The van der Waals surface area contributed by atoms with E-state index in [1.54, 1.807) is 0 Å². The van der Waals surface area contributed by atoms with Crippen LogP contribution in [0.15, 0.2) is 36.5 Å². The number of allylic oxidation sites excluding steroid dienone is 6. The SMILES string of the molecule is CCCCC/C=C\CCCCCCCC(=O)OCC(COC(OCC[N+](C)(C)C)C(=O)O)OC(=O)CCCCCCCCCCC/C=C\C/C=C\CCCCCCC. The molecule has 2 unspecified atom stereocenters. The number of hydrogen-bond acceptors (Lipinski definition) is 7. The maximum absolute atomic E-state index is 12.8. The number of ether oxygens (including phenoxy) is 4. The number of carboxylic acid groups (broad SMARTS) is 1. The molecule has 0 aliphatic rings. The summed E-state index contributed by atoms with van der Waals surface area (Å²) in [5, 5.41) is 9.64. The summed E-state index contributed by atoms with van der Waals surface area (Å²) in [5.74, 6) is -2.02. The number of unbranched alkanes of at least 4 members (excludes halogenated alkanes) is 22. The monoisotopic (exact) mass is 821 g/mol. The molecule has 0 amide bonds. The van der Waals surface area contributed by atoms with Gasteiger partial charge in [-0.1, -0.05) is 153 Å². The van der Waals surface area contributed by atoms with Crippen molar-refractivity contribution in [3.05, 3.63) is 36.5 Å². The highest BCUT2D eigenvalue weighted by Gasteiger charge is 2.25. The van der Waals surface area contributed by atoms with Crippen LogP contribution in [0.3, 0.4) is 0 Å². The summed E-state index contributed by atoms with van der Waals surface area (Å²) in [6.07, 6.45) is 43.4. The third-order valence-electron chi connectivity index (χ3n) is 10.1. The van der Waals surface area contributed by atoms with Crippen molar-refractivity contribution >= 4 is 17.9 Å². The Kier molecular flexibility index (Phi) is 39.5. The summed E-state index contributed by atoms with van der Waals surface area (Å²) >= 11 is 0. The largest absolute Gasteiger partial charge is 0.477 e. The van der Waals surface area contributed by atoms with Gasteiger partial charge in [-0.05, 0) is 70.6 Å². The van der Waals surface area contributed by atoms with E-state index in [9.17, 15) is 19.5 Å². The van der Waals surface area contributed by atoms with Gasteiger partial charge in [0.05, 0.1) is 34.4 Å². The average Bonchev–Trinajstić information content (AvgIpc) is 3.18. The summed E-state index contributed by atoms with van der Waals surface area (Å²) < 4.78 is 22.7. The lowest BCUT2D eigenvalue weighted by atomic mass is 10.1. The van der Waals surface area contributed by atoms with E-state index < -0.39 is 24.3 Å². The van der Waals surface area contributed by atoms with Gasteiger partial charge >= 0.3 is 17.9 Å². The van der Waals surface area contributed by atoms with E-state index in [2.05, 4.69) is 50.3 Å². The topological polar surface area (TPSA) is 108 Å². The number of esters is 2. The Morgan fingerprint density at radius 2 is 0.931 bits per heavy atom. The molecule has 338 valence electrons. The second-order valence-electron chi connectivity index (χ2n) is 17.1. The highest BCUT2D eigenvalue weighted by molar-refractivity contribution is 5.71. The minimum atomic E-state index is -1.51. The minimum absolute atomic E-state index is 0.185. The zero-order valence-corrected chi connectivity index (χ0v) is 38.2. The maximum Gasteiger partial charge on any atom is 0.361 e. The van der Waals surface area contributed by atoms with Crippen LogP contribution in [0.4, 0.5) is 0 Å². The number of carbonyl (C=O) groups is 3. The van der Waals surface area contributed by atoms with Gasteiger partial charge in [0.15, 0.2) is 6.10 Å². The standard InChI is InChI=1S/C49H89NO8/c1-6-8-10-12-14-16-18-20-21-22-23-24-25-26-27-28-30-32-34-36-38-40-47(52)58-45(44-57-49(48(53)54)55-42-41-50(3,4)5)43-56-46(51)39-37-35-33-31-29-19-17-15-13-11-9-7-2/h15,17-18,20,22-23,45,49H,6-14,16,19,21,24-44H2,1-5H3/p+1/b17-15-,20-18-,23-22-. The Morgan fingerprint density at radius 1 is 0.517 bits per heavy atom. The van der Waals surface area contributed by atoms with Crippen molar-refractivity contribution in [2.24, 2.45) is 0 Å². The molecule has 0 aromatic heterocycles. The Hall–Kier alpha value is -2.49. The highest BCUT2D eigenvalue weighted by atomic mass is 16.7. The first-order valence-corrected chi connectivity index (χ1v) is 23.7. The van der Waals surface area contributed by atoms with Crippen molar-refractivity contribution in [2.45, 2.75) is 212 Å². The van der Waals surface area contributed by atoms with E-state index in [0.717, 1.165) is 64.2 Å². The molecule has 0 radical (unpaired) electrons. The molecule has 0 aliphatic carbocycles. The molecular formula is C49H90NO8+. The zero-order chi connectivity index (χ0) is 42.8. The van der Waals surface area contributed by atoms with Crippen LogP contribution in [0, 0.1) is 0 Å². The first-order valence-electron chi connectivity index (χ1n) is 23.7. The first kappa shape index (κ1) is 55.5. The van der Waals surface area contributed by atoms with E-state index in [1.807, 2.05) is 21.1 Å². The molecule has 0 spiro atoms. The number of quaternary nitrogens is 1. The van der Waals surface area contributed by atoms with Gasteiger partial charge in [-0.2, -0.15) is 0 Å². The van der Waals surface area contributed by atoms with Gasteiger partial charge in [-0.3, -0.25) is 9.59 Å². The minimum Gasteiger partial charge on any atom is -0.477 e. The van der Waals surface area contributed by atoms with Crippen molar-refractivity contribution < 1.29 is 42.9 Å². The van der Waals surface area contributed by atoms with Crippen LogP contribution in [-0.2, 0) is 33.3 Å². The molecule has 0 bridgehead atoms. The van der Waals surface area contributed by atoms with Gasteiger partial charge in [0.25, 0.3) is 6.29 Å². The predicted octanol–water partition coefficient (Wildman–Crippen LogP) is 12.6. The van der Waals surface area contributed by atoms with Gasteiger partial charge in [0, 0.05) is 12.8 Å². The summed E-state index contributed by atoms with van der Waals surface area (Å²) in [7, 11) is 5.95. The van der Waals surface area contributed by atoms with Crippen molar-refractivity contribution in [3.63, 3.8) is 0 Å². The second kappa shape index (κ2) is 41.3. The lowest BCUT2D eigenvalue weighted by molar-refractivity contribution is -0.870. The van der Waals surface area contributed by atoms with Crippen LogP contribution in [0.5, 0.6) is 0 Å². The van der Waals surface area contributed by atoms with E-state index in [4.69, 9.17) is 18.9 Å². The van der Waals surface area contributed by atoms with Crippen LogP contribution in [0.2, 0.25) is 0 Å². The van der Waals surface area contributed by atoms with Gasteiger partial charge in [-0.15, -0.1) is 0 Å². The first-order chi connectivity index (χ1) is 28.1. The quantitative estimate of drug-likeness (QED) is 0.0213. The van der Waals surface area contributed by atoms with Crippen molar-refractivity contribution in [2.75, 3.05) is 47.5 Å². The van der Waals surface area contributed by atoms with Crippen molar-refractivity contribution in [1.82, 2.24) is 0 Å². The van der Waals surface area contributed by atoms with Gasteiger partial charge < -0.3 is 28.5 Å². The van der Waals surface area contributed by atoms with Gasteiger partial charge in [0.2, 0.25) is 0 Å². The van der Waals surface area contributed by atoms with Crippen LogP contribution in [-0.4, -0.2) is 87.4 Å². The number of carboxylic acids is 1. The van der Waals surface area contributed by atoms with Crippen LogP contribution in [0.25, 0.3) is 0 Å². The Morgan fingerprint density at radius 3 is 1.41 bits per heavy atom. The molecule has 0 fully saturated rings. The van der Waals surface area contributed by atoms with E-state index in [1.165, 1.54) is 103 Å². The van der Waals surface area contributed by atoms with Crippen LogP contribution >= 0.6 is 0 Å². The molecule has 0 aromatic carbocycles. The van der Waals surface area contributed by atoms with Crippen molar-refractivity contribution in [1.29, 1.82) is 0 Å². The summed E-state index contributed by atoms with van der Waals surface area (Å²) in [5.41, 5.74) is 0. The van der Waals surface area contributed by atoms with Gasteiger partial charge in [0.1, 0.15) is 13.2 Å². The molecule has 9 heteroatoms. The fraction of sp³-hybridized carbons (Fsp3) is 0.816. The molecule has 0 rings (SSSR count). The number of nitrogens with zero attached hydrogens (tertiary/aromatic N) is 1. The average molecular weight is 821 g/mol. The molecule has 9 nitrogen and oxygen atoms in total. The number of likely N-dealkylation sites (N-methyl/N-ethyl adjacent to an activating group) is 1. The molecule has 0 aromatic rings. The molecule has 0 saturated carbocycles. The highest BCUT2D eigenvalue weighted by Crippen LogP contribution is 2.14. The number of aliphatic carboxylic acids is 1. The van der Waals surface area contributed by atoms with Crippen molar-refractivity contribution in [3.8, 4) is 0 Å². The normalized spacial score (nSPS) is 13.2. The fourth-order valence-electron chi connectivity index (χ4n) is 6.39. The lowest BCUT2D eigenvalue weighted by Gasteiger charge is -2.25. The Balaban J connectivity index is 4.37. The van der Waals surface area contributed by atoms with E-state index in [-0.39, 0.29) is 32.2 Å². The Bertz CT molecular complexity index is 1050. The second-order valence-corrected chi connectivity index (χ2v) is 17.1. The molecule has 0 heterocycles. The zero-order valence-electron chi connectivity index (χ0n) is 38.2. The third kappa shape index (κ3) is 41.7. The summed E-state index contributed by atoms with van der Waals surface area (Å²) in [6.45, 7) is 4.82. The molecule has 0 aliphatic heterocycles.